The van der Waals surface area contributed by atoms with E-state index in [2.05, 4.69) is 5.92 Å². The number of carbonyl (C=O) groups excluding carboxylic acids is 1. The first kappa shape index (κ1) is 6.06. The Morgan fingerprint density at radius 2 is 2.44 bits per heavy atom. The molecule has 0 saturated heterocycles. The first-order valence-electron chi connectivity index (χ1n) is 2.34. The molecule has 2 heteroatoms. The predicted molar refractivity (Wildman–Crippen MR) is 35.9 cm³/mol. The quantitative estimate of drug-likeness (QED) is 0.421. The fraction of sp³-hybridized carbons (Fsp3) is 0. The monoisotopic (exact) mass is 135 g/mol. The third-order valence-electron chi connectivity index (χ3n) is 0.866. The zero-order valence-corrected chi connectivity index (χ0v) is 5.37. The maximum absolute atomic E-state index is 10.1. The summed E-state index contributed by atoms with van der Waals surface area (Å²) >= 11 is 1.27. The van der Waals surface area contributed by atoms with Gasteiger partial charge >= 0.3 is 0 Å². The summed E-state index contributed by atoms with van der Waals surface area (Å²) in [6, 6.07) is 3.37. The highest BCUT2D eigenvalue weighted by molar-refractivity contribution is 7.14. The first-order chi connectivity index (χ1) is 4.36. The summed E-state index contributed by atoms with van der Waals surface area (Å²) in [7, 11) is 0. The molecule has 1 aromatic heterocycles. The maximum atomic E-state index is 10.1. The lowest BCUT2D eigenvalue weighted by molar-refractivity contribution is 0.112. The minimum atomic E-state index is 0.643. The number of rotatable bonds is 1. The Hall–Kier alpha value is -1.07. The van der Waals surface area contributed by atoms with E-state index in [1.54, 1.807) is 12.1 Å². The average molecular weight is 135 g/mol. The van der Waals surface area contributed by atoms with E-state index in [-0.39, 0.29) is 0 Å². The third kappa shape index (κ3) is 1.18. The maximum Gasteiger partial charge on any atom is 0.160 e. The fourth-order valence-electron chi connectivity index (χ4n) is 0.483. The van der Waals surface area contributed by atoms with Gasteiger partial charge in [0.15, 0.2) is 6.29 Å². The van der Waals surface area contributed by atoms with Gasteiger partial charge in [-0.15, -0.1) is 11.3 Å². The zero-order valence-electron chi connectivity index (χ0n) is 4.55. The molecule has 9 heavy (non-hydrogen) atoms. The Bertz CT molecular complexity index is 254. The fourth-order valence-corrected chi connectivity index (χ4v) is 1.11. The summed E-state index contributed by atoms with van der Waals surface area (Å²) in [6.07, 6.45) is 7.45. The van der Waals surface area contributed by atoms with Crippen molar-refractivity contribution < 1.29 is 4.79 Å². The topological polar surface area (TPSA) is 17.1 Å². The third-order valence-corrected chi connectivity index (χ3v) is 1.79. The molecule has 0 bridgehead atoms. The standard InChI is InChI=1S/C7H3OS/c1-2-6-3-4-7(5-8)9-6/h3-5H. The lowest BCUT2D eigenvalue weighted by atomic mass is 10.4. The highest BCUT2D eigenvalue weighted by atomic mass is 32.1. The molecule has 43 valence electrons. The van der Waals surface area contributed by atoms with Gasteiger partial charge in [0, 0.05) is 0 Å². The SMILES string of the molecule is [C]#Cc1ccc(C=O)s1. The summed E-state index contributed by atoms with van der Waals surface area (Å²) in [5.74, 6) is 2.19. The lowest BCUT2D eigenvalue weighted by Gasteiger charge is -1.71. The van der Waals surface area contributed by atoms with Crippen LogP contribution < -0.4 is 0 Å². The number of aldehydes is 1. The molecule has 1 nitrogen and oxygen atoms in total. The number of hydrogen-bond acceptors (Lipinski definition) is 2. The van der Waals surface area contributed by atoms with Crippen molar-refractivity contribution in [3.8, 4) is 5.92 Å². The summed E-state index contributed by atoms with van der Waals surface area (Å²) in [4.78, 5) is 11.4. The van der Waals surface area contributed by atoms with E-state index in [0.29, 0.717) is 9.75 Å². The van der Waals surface area contributed by atoms with Gasteiger partial charge in [0.05, 0.1) is 9.75 Å². The Balaban J connectivity index is 3.03. The van der Waals surface area contributed by atoms with Crippen molar-refractivity contribution in [1.82, 2.24) is 0 Å². The summed E-state index contributed by atoms with van der Waals surface area (Å²) < 4.78 is 0. The van der Waals surface area contributed by atoms with Crippen molar-refractivity contribution in [3.05, 3.63) is 28.3 Å². The van der Waals surface area contributed by atoms with E-state index in [9.17, 15) is 4.79 Å². The van der Waals surface area contributed by atoms with Gasteiger partial charge in [-0.1, -0.05) is 0 Å². The molecule has 0 atom stereocenters. The molecule has 0 unspecified atom stereocenters. The van der Waals surface area contributed by atoms with E-state index in [4.69, 9.17) is 6.42 Å². The Kier molecular flexibility index (Phi) is 1.66. The Labute approximate surface area is 57.3 Å². The molecule has 0 aliphatic rings. The molecule has 0 aliphatic heterocycles. The highest BCUT2D eigenvalue weighted by Crippen LogP contribution is 2.11. The number of carbonyl (C=O) groups is 1. The van der Waals surface area contributed by atoms with Crippen molar-refractivity contribution in [2.24, 2.45) is 0 Å². The van der Waals surface area contributed by atoms with Crippen LogP contribution in [0.1, 0.15) is 14.5 Å². The second kappa shape index (κ2) is 2.47. The summed E-state index contributed by atoms with van der Waals surface area (Å²) in [5, 5.41) is 0. The number of thiophene rings is 1. The largest absolute Gasteiger partial charge is 0.297 e. The molecule has 0 spiro atoms. The molecule has 0 aromatic carbocycles. The van der Waals surface area contributed by atoms with Crippen molar-refractivity contribution in [3.63, 3.8) is 0 Å². The average Bonchev–Trinajstić information content (AvgIpc) is 2.34. The number of hydrogen-bond donors (Lipinski definition) is 0. The van der Waals surface area contributed by atoms with E-state index in [1.165, 1.54) is 11.3 Å². The summed E-state index contributed by atoms with van der Waals surface area (Å²) in [5.41, 5.74) is 0. The molecular formula is C7H3OS. The van der Waals surface area contributed by atoms with Crippen LogP contribution in [-0.2, 0) is 0 Å². The molecule has 0 amide bonds. The smallest absolute Gasteiger partial charge is 0.160 e. The van der Waals surface area contributed by atoms with Crippen molar-refractivity contribution in [1.29, 1.82) is 0 Å². The van der Waals surface area contributed by atoms with Gasteiger partial charge in [0.2, 0.25) is 0 Å². The van der Waals surface area contributed by atoms with Gasteiger partial charge in [-0.25, -0.2) is 0 Å². The molecular weight excluding hydrogens is 132 g/mol. The summed E-state index contributed by atoms with van der Waals surface area (Å²) in [6.45, 7) is 0. The first-order valence-corrected chi connectivity index (χ1v) is 3.16. The van der Waals surface area contributed by atoms with Gasteiger partial charge in [-0.2, -0.15) is 0 Å². The minimum absolute atomic E-state index is 0.643. The van der Waals surface area contributed by atoms with Crippen LogP contribution in [0.3, 0.4) is 0 Å². The van der Waals surface area contributed by atoms with Crippen LogP contribution in [0.15, 0.2) is 12.1 Å². The second-order valence-corrected chi connectivity index (χ2v) is 2.56. The van der Waals surface area contributed by atoms with Crippen LogP contribution in [0.2, 0.25) is 0 Å². The van der Waals surface area contributed by atoms with E-state index in [0.717, 1.165) is 6.29 Å². The zero-order chi connectivity index (χ0) is 6.69. The molecule has 0 aliphatic carbocycles. The van der Waals surface area contributed by atoms with Crippen LogP contribution in [0.25, 0.3) is 0 Å². The normalized spacial score (nSPS) is 8.33. The van der Waals surface area contributed by atoms with Crippen molar-refractivity contribution in [2.75, 3.05) is 0 Å². The van der Waals surface area contributed by atoms with Crippen LogP contribution in [0.5, 0.6) is 0 Å². The Morgan fingerprint density at radius 1 is 1.67 bits per heavy atom. The van der Waals surface area contributed by atoms with Crippen LogP contribution in [0.4, 0.5) is 0 Å². The van der Waals surface area contributed by atoms with Crippen LogP contribution in [0, 0.1) is 12.3 Å². The molecule has 0 saturated carbocycles. The van der Waals surface area contributed by atoms with Crippen molar-refractivity contribution >= 4 is 17.6 Å². The van der Waals surface area contributed by atoms with Gasteiger partial charge in [-0.3, -0.25) is 4.79 Å². The second-order valence-electron chi connectivity index (χ2n) is 1.44. The van der Waals surface area contributed by atoms with E-state index in [1.807, 2.05) is 0 Å². The highest BCUT2D eigenvalue weighted by Gasteiger charge is 1.92. The molecule has 1 rings (SSSR count). The molecule has 1 radical (unpaired) electrons. The van der Waals surface area contributed by atoms with Crippen LogP contribution in [-0.4, -0.2) is 6.29 Å². The Morgan fingerprint density at radius 3 is 2.78 bits per heavy atom. The molecule has 1 heterocycles. The van der Waals surface area contributed by atoms with Gasteiger partial charge in [0.1, 0.15) is 0 Å². The van der Waals surface area contributed by atoms with Gasteiger partial charge in [-0.05, 0) is 24.5 Å². The van der Waals surface area contributed by atoms with Gasteiger partial charge < -0.3 is 0 Å². The van der Waals surface area contributed by atoms with Gasteiger partial charge in [0.25, 0.3) is 0 Å². The van der Waals surface area contributed by atoms with E-state index >= 15 is 0 Å². The lowest BCUT2D eigenvalue weighted by Crippen LogP contribution is -1.61. The minimum Gasteiger partial charge on any atom is -0.297 e. The van der Waals surface area contributed by atoms with Crippen molar-refractivity contribution in [2.45, 2.75) is 0 Å². The molecule has 0 fully saturated rings. The molecule has 0 N–H and O–H groups in total. The molecule has 1 aromatic rings. The van der Waals surface area contributed by atoms with E-state index < -0.39 is 0 Å². The predicted octanol–water partition coefficient (Wildman–Crippen LogP) is 1.50. The van der Waals surface area contributed by atoms with Crippen LogP contribution >= 0.6 is 11.3 Å².